The number of nitrogens with zero attached hydrogens (tertiary/aromatic N) is 1. The number of carbonyl (C=O) groups is 1. The number of fused-ring (bicyclic) bond motifs is 1. The number of hydrogen-bond acceptors (Lipinski definition) is 2. The van der Waals surface area contributed by atoms with Crippen LogP contribution in [0.4, 0.5) is 0 Å². The van der Waals surface area contributed by atoms with E-state index >= 15 is 0 Å². The van der Waals surface area contributed by atoms with Gasteiger partial charge in [0, 0.05) is 26.2 Å². The molecule has 0 radical (unpaired) electrons. The molecule has 0 spiro atoms. The van der Waals surface area contributed by atoms with Crippen molar-refractivity contribution >= 4 is 5.91 Å². The Balaban J connectivity index is 1.82. The first-order valence-electron chi connectivity index (χ1n) is 7.14. The van der Waals surface area contributed by atoms with Gasteiger partial charge in [-0.2, -0.15) is 0 Å². The Bertz CT molecular complexity index is 495. The molecule has 0 aliphatic carbocycles. The summed E-state index contributed by atoms with van der Waals surface area (Å²) in [6, 6.07) is 8.32. The van der Waals surface area contributed by atoms with E-state index < -0.39 is 0 Å². The second kappa shape index (κ2) is 4.64. The molecule has 1 amide bonds. The molecule has 2 aliphatic rings. The minimum atomic E-state index is -0.00106. The van der Waals surface area contributed by atoms with E-state index in [9.17, 15) is 4.79 Å². The number of likely N-dealkylation sites (tertiary alicyclic amines) is 1. The van der Waals surface area contributed by atoms with Crippen LogP contribution in [0.1, 0.15) is 37.3 Å². The van der Waals surface area contributed by atoms with Gasteiger partial charge in [0.05, 0.1) is 5.92 Å². The highest BCUT2D eigenvalue weighted by atomic mass is 16.2. The van der Waals surface area contributed by atoms with Gasteiger partial charge in [-0.3, -0.25) is 4.79 Å². The lowest BCUT2D eigenvalue weighted by Gasteiger charge is -2.29. The van der Waals surface area contributed by atoms with E-state index in [1.165, 1.54) is 11.1 Å². The van der Waals surface area contributed by atoms with Gasteiger partial charge in [0.2, 0.25) is 5.91 Å². The molecule has 2 heterocycles. The fraction of sp³-hybridized carbons (Fsp3) is 0.562. The lowest BCUT2D eigenvalue weighted by Crippen LogP contribution is -2.41. The zero-order valence-corrected chi connectivity index (χ0v) is 11.8. The SMILES string of the molecule is CC1(C)CCN(C(=O)C2CNCc3ccccc32)C1. The molecule has 0 aromatic heterocycles. The molecule has 102 valence electrons. The number of benzene rings is 1. The molecular weight excluding hydrogens is 236 g/mol. The Kier molecular flexibility index (Phi) is 3.09. The van der Waals surface area contributed by atoms with E-state index in [2.05, 4.69) is 36.2 Å². The summed E-state index contributed by atoms with van der Waals surface area (Å²) in [6.07, 6.45) is 1.11. The average Bonchev–Trinajstić information content (AvgIpc) is 2.78. The van der Waals surface area contributed by atoms with Crippen molar-refractivity contribution in [1.82, 2.24) is 10.2 Å². The van der Waals surface area contributed by atoms with E-state index in [0.29, 0.717) is 5.91 Å². The van der Waals surface area contributed by atoms with E-state index in [0.717, 1.165) is 32.6 Å². The zero-order chi connectivity index (χ0) is 13.5. The molecule has 1 aromatic rings. The number of nitrogens with one attached hydrogen (secondary N) is 1. The first-order valence-corrected chi connectivity index (χ1v) is 7.14. The van der Waals surface area contributed by atoms with Crippen molar-refractivity contribution in [2.24, 2.45) is 5.41 Å². The van der Waals surface area contributed by atoms with Crippen LogP contribution in [0, 0.1) is 5.41 Å². The van der Waals surface area contributed by atoms with Crippen molar-refractivity contribution in [3.8, 4) is 0 Å². The molecule has 0 bridgehead atoms. The lowest BCUT2D eigenvalue weighted by molar-refractivity contribution is -0.132. The second-order valence-electron chi connectivity index (χ2n) is 6.56. The van der Waals surface area contributed by atoms with Gasteiger partial charge in [-0.05, 0) is 23.0 Å². The summed E-state index contributed by atoms with van der Waals surface area (Å²) in [5.74, 6) is 0.295. The zero-order valence-electron chi connectivity index (χ0n) is 11.8. The van der Waals surface area contributed by atoms with E-state index in [4.69, 9.17) is 0 Å². The van der Waals surface area contributed by atoms with Crippen molar-refractivity contribution < 1.29 is 4.79 Å². The van der Waals surface area contributed by atoms with E-state index in [1.807, 2.05) is 12.1 Å². The fourth-order valence-corrected chi connectivity index (χ4v) is 3.24. The van der Waals surface area contributed by atoms with Gasteiger partial charge in [0.1, 0.15) is 0 Å². The van der Waals surface area contributed by atoms with Crippen LogP contribution in [0.25, 0.3) is 0 Å². The Hall–Kier alpha value is -1.35. The molecule has 1 saturated heterocycles. The van der Waals surface area contributed by atoms with Gasteiger partial charge in [-0.1, -0.05) is 38.1 Å². The summed E-state index contributed by atoms with van der Waals surface area (Å²) in [4.78, 5) is 14.8. The van der Waals surface area contributed by atoms with Crippen molar-refractivity contribution in [2.45, 2.75) is 32.7 Å². The number of rotatable bonds is 1. The topological polar surface area (TPSA) is 32.3 Å². The maximum absolute atomic E-state index is 12.7. The predicted octanol–water partition coefficient (Wildman–Crippen LogP) is 2.13. The molecule has 1 N–H and O–H groups in total. The molecule has 3 heteroatoms. The molecule has 1 fully saturated rings. The third kappa shape index (κ3) is 2.39. The minimum Gasteiger partial charge on any atom is -0.342 e. The van der Waals surface area contributed by atoms with Gasteiger partial charge in [0.15, 0.2) is 0 Å². The first-order chi connectivity index (χ1) is 9.07. The molecule has 1 unspecified atom stereocenters. The highest BCUT2D eigenvalue weighted by Gasteiger charge is 2.36. The summed E-state index contributed by atoms with van der Waals surface area (Å²) in [5.41, 5.74) is 2.76. The van der Waals surface area contributed by atoms with Crippen LogP contribution in [0.3, 0.4) is 0 Å². The monoisotopic (exact) mass is 258 g/mol. The molecule has 3 nitrogen and oxygen atoms in total. The summed E-state index contributed by atoms with van der Waals surface area (Å²) >= 11 is 0. The molecule has 19 heavy (non-hydrogen) atoms. The van der Waals surface area contributed by atoms with Crippen LogP contribution < -0.4 is 5.32 Å². The highest BCUT2D eigenvalue weighted by Crippen LogP contribution is 2.32. The van der Waals surface area contributed by atoms with Gasteiger partial charge in [-0.15, -0.1) is 0 Å². The summed E-state index contributed by atoms with van der Waals surface area (Å²) in [5, 5.41) is 3.37. The minimum absolute atomic E-state index is 0.00106. The summed E-state index contributed by atoms with van der Waals surface area (Å²) < 4.78 is 0. The van der Waals surface area contributed by atoms with E-state index in [1.54, 1.807) is 0 Å². The van der Waals surface area contributed by atoms with Crippen molar-refractivity contribution in [3.05, 3.63) is 35.4 Å². The van der Waals surface area contributed by atoms with Crippen LogP contribution in [-0.2, 0) is 11.3 Å². The third-order valence-corrected chi connectivity index (χ3v) is 4.38. The quantitative estimate of drug-likeness (QED) is 0.837. The third-order valence-electron chi connectivity index (χ3n) is 4.38. The van der Waals surface area contributed by atoms with Crippen molar-refractivity contribution in [3.63, 3.8) is 0 Å². The van der Waals surface area contributed by atoms with Crippen LogP contribution in [0.5, 0.6) is 0 Å². The Morgan fingerprint density at radius 3 is 2.89 bits per heavy atom. The first kappa shape index (κ1) is 12.7. The number of carbonyl (C=O) groups excluding carboxylic acids is 1. The largest absolute Gasteiger partial charge is 0.342 e. The Labute approximate surface area is 115 Å². The fourth-order valence-electron chi connectivity index (χ4n) is 3.24. The van der Waals surface area contributed by atoms with Gasteiger partial charge in [0.25, 0.3) is 0 Å². The van der Waals surface area contributed by atoms with Gasteiger partial charge < -0.3 is 10.2 Å². The summed E-state index contributed by atoms with van der Waals surface area (Å²) in [6.45, 7) is 7.94. The molecular formula is C16H22N2O. The summed E-state index contributed by atoms with van der Waals surface area (Å²) in [7, 11) is 0. The van der Waals surface area contributed by atoms with Gasteiger partial charge in [-0.25, -0.2) is 0 Å². The normalized spacial score (nSPS) is 25.2. The Morgan fingerprint density at radius 1 is 1.37 bits per heavy atom. The standard InChI is InChI=1S/C16H22N2O/c1-16(2)7-8-18(11-16)15(19)14-10-17-9-12-5-3-4-6-13(12)14/h3-6,14,17H,7-11H2,1-2H3. The van der Waals surface area contributed by atoms with Crippen LogP contribution in [-0.4, -0.2) is 30.4 Å². The number of hydrogen-bond donors (Lipinski definition) is 1. The van der Waals surface area contributed by atoms with Crippen molar-refractivity contribution in [1.29, 1.82) is 0 Å². The lowest BCUT2D eigenvalue weighted by atomic mass is 9.89. The van der Waals surface area contributed by atoms with Crippen LogP contribution >= 0.6 is 0 Å². The van der Waals surface area contributed by atoms with E-state index in [-0.39, 0.29) is 11.3 Å². The smallest absolute Gasteiger partial charge is 0.231 e. The molecule has 0 saturated carbocycles. The van der Waals surface area contributed by atoms with Crippen LogP contribution in [0.15, 0.2) is 24.3 Å². The maximum Gasteiger partial charge on any atom is 0.231 e. The predicted molar refractivity (Wildman–Crippen MR) is 75.9 cm³/mol. The van der Waals surface area contributed by atoms with Gasteiger partial charge >= 0.3 is 0 Å². The van der Waals surface area contributed by atoms with Crippen LogP contribution in [0.2, 0.25) is 0 Å². The molecule has 1 atom stereocenters. The van der Waals surface area contributed by atoms with Crippen molar-refractivity contribution in [2.75, 3.05) is 19.6 Å². The maximum atomic E-state index is 12.7. The second-order valence-corrected chi connectivity index (χ2v) is 6.56. The molecule has 1 aromatic carbocycles. The molecule has 3 rings (SSSR count). The average molecular weight is 258 g/mol. The number of amides is 1. The molecule has 2 aliphatic heterocycles. The highest BCUT2D eigenvalue weighted by molar-refractivity contribution is 5.85. The Morgan fingerprint density at radius 2 is 2.16 bits per heavy atom.